The van der Waals surface area contributed by atoms with Gasteiger partial charge in [-0.3, -0.25) is 9.59 Å². The van der Waals surface area contributed by atoms with Gasteiger partial charge >= 0.3 is 11.9 Å². The quantitative estimate of drug-likeness (QED) is 0.543. The summed E-state index contributed by atoms with van der Waals surface area (Å²) in [5.41, 5.74) is 0. The van der Waals surface area contributed by atoms with Gasteiger partial charge in [0.25, 0.3) is 0 Å². The summed E-state index contributed by atoms with van der Waals surface area (Å²) < 4.78 is 0. The first-order chi connectivity index (χ1) is 5.63. The van der Waals surface area contributed by atoms with Crippen LogP contribution in [0.3, 0.4) is 0 Å². The molecule has 0 aliphatic heterocycles. The summed E-state index contributed by atoms with van der Waals surface area (Å²) in [6.07, 6.45) is 4.09. The fraction of sp³-hybridized carbons (Fsp3) is 0.500. The van der Waals surface area contributed by atoms with Crippen molar-refractivity contribution in [1.29, 1.82) is 0 Å². The molecule has 1 aliphatic rings. The number of carboxylic acids is 2. The number of hydrogen-bond acceptors (Lipinski definition) is 2. The maximum atomic E-state index is 10.6. The van der Waals surface area contributed by atoms with E-state index in [0.29, 0.717) is 12.8 Å². The van der Waals surface area contributed by atoms with Gasteiger partial charge in [0.15, 0.2) is 0 Å². The van der Waals surface area contributed by atoms with Crippen molar-refractivity contribution in [2.75, 3.05) is 0 Å². The smallest absolute Gasteiger partial charge is 0.307 e. The van der Waals surface area contributed by atoms with Crippen LogP contribution in [0, 0.1) is 11.8 Å². The Kier molecular flexibility index (Phi) is 8.83. The van der Waals surface area contributed by atoms with Crippen LogP contribution in [-0.4, -0.2) is 22.2 Å². The van der Waals surface area contributed by atoms with Crippen LogP contribution in [0.2, 0.25) is 0 Å². The Morgan fingerprint density at radius 1 is 0.929 bits per heavy atom. The molecule has 0 saturated carbocycles. The molecular formula is C8H10Ag2O4. The zero-order valence-corrected chi connectivity index (χ0v) is 10.0. The van der Waals surface area contributed by atoms with Crippen molar-refractivity contribution in [2.45, 2.75) is 12.8 Å². The summed E-state index contributed by atoms with van der Waals surface area (Å²) in [5.74, 6) is -3.56. The van der Waals surface area contributed by atoms with Crippen LogP contribution < -0.4 is 0 Å². The van der Waals surface area contributed by atoms with Crippen molar-refractivity contribution < 1.29 is 64.6 Å². The average molecular weight is 386 g/mol. The van der Waals surface area contributed by atoms with E-state index < -0.39 is 23.8 Å². The first kappa shape index (κ1) is 16.6. The monoisotopic (exact) mass is 384 g/mol. The summed E-state index contributed by atoms with van der Waals surface area (Å²) in [5, 5.41) is 17.3. The molecule has 0 fully saturated rings. The molecule has 4 nitrogen and oxygen atoms in total. The van der Waals surface area contributed by atoms with Gasteiger partial charge < -0.3 is 10.2 Å². The number of carbonyl (C=O) groups is 2. The van der Waals surface area contributed by atoms with E-state index in [1.807, 2.05) is 0 Å². The Balaban J connectivity index is 0. The van der Waals surface area contributed by atoms with Crippen LogP contribution in [0.15, 0.2) is 12.2 Å². The van der Waals surface area contributed by atoms with E-state index in [9.17, 15) is 9.59 Å². The molecule has 0 heterocycles. The number of rotatable bonds is 2. The fourth-order valence-electron chi connectivity index (χ4n) is 1.36. The molecule has 1 rings (SSSR count). The molecule has 88 valence electrons. The molecule has 2 atom stereocenters. The third-order valence-electron chi connectivity index (χ3n) is 2.07. The number of carboxylic acid groups (broad SMARTS) is 2. The van der Waals surface area contributed by atoms with E-state index in [0.717, 1.165) is 0 Å². The van der Waals surface area contributed by atoms with Crippen LogP contribution in [0.1, 0.15) is 12.8 Å². The maximum Gasteiger partial charge on any atom is 0.307 e. The van der Waals surface area contributed by atoms with E-state index in [4.69, 9.17) is 10.2 Å². The Morgan fingerprint density at radius 3 is 1.43 bits per heavy atom. The van der Waals surface area contributed by atoms with Gasteiger partial charge in [0.05, 0.1) is 11.8 Å². The second-order valence-corrected chi connectivity index (χ2v) is 2.83. The molecule has 2 unspecified atom stereocenters. The molecule has 14 heavy (non-hydrogen) atoms. The summed E-state index contributed by atoms with van der Waals surface area (Å²) in [6, 6.07) is 0. The SMILES string of the molecule is O=C(O)C1CC=CCC1C(=O)O.[Ag].[Ag]. The predicted molar refractivity (Wildman–Crippen MR) is 40.6 cm³/mol. The van der Waals surface area contributed by atoms with Gasteiger partial charge in [0.1, 0.15) is 0 Å². The molecular weight excluding hydrogens is 376 g/mol. The van der Waals surface area contributed by atoms with E-state index in [2.05, 4.69) is 0 Å². The van der Waals surface area contributed by atoms with E-state index in [-0.39, 0.29) is 44.8 Å². The maximum absolute atomic E-state index is 10.6. The summed E-state index contributed by atoms with van der Waals surface area (Å²) in [6.45, 7) is 0. The first-order valence-corrected chi connectivity index (χ1v) is 3.73. The van der Waals surface area contributed by atoms with Crippen molar-refractivity contribution in [1.82, 2.24) is 0 Å². The summed E-state index contributed by atoms with van der Waals surface area (Å²) >= 11 is 0. The van der Waals surface area contributed by atoms with Gasteiger partial charge in [-0.2, -0.15) is 0 Å². The molecule has 2 radical (unpaired) electrons. The third kappa shape index (κ3) is 4.13. The van der Waals surface area contributed by atoms with E-state index in [1.165, 1.54) is 0 Å². The Hall–Kier alpha value is 0.161. The van der Waals surface area contributed by atoms with Crippen LogP contribution in [-0.2, 0) is 54.3 Å². The average Bonchev–Trinajstić information content (AvgIpc) is 2.04. The van der Waals surface area contributed by atoms with Gasteiger partial charge in [0, 0.05) is 44.8 Å². The molecule has 0 aromatic heterocycles. The number of allylic oxidation sites excluding steroid dienone is 2. The molecule has 0 spiro atoms. The van der Waals surface area contributed by atoms with Crippen LogP contribution in [0.5, 0.6) is 0 Å². The van der Waals surface area contributed by atoms with Gasteiger partial charge in [0.2, 0.25) is 0 Å². The minimum Gasteiger partial charge on any atom is -0.481 e. The molecule has 0 aromatic rings. The second kappa shape index (κ2) is 7.45. The van der Waals surface area contributed by atoms with Crippen molar-refractivity contribution in [3.8, 4) is 0 Å². The number of aliphatic carboxylic acids is 2. The minimum atomic E-state index is -1.02. The van der Waals surface area contributed by atoms with Gasteiger partial charge in [-0.25, -0.2) is 0 Å². The fourth-order valence-corrected chi connectivity index (χ4v) is 1.36. The Bertz CT molecular complexity index is 215. The molecule has 0 bridgehead atoms. The van der Waals surface area contributed by atoms with Crippen molar-refractivity contribution in [2.24, 2.45) is 11.8 Å². The zero-order chi connectivity index (χ0) is 9.14. The standard InChI is InChI=1S/C8H10O4.2Ag/c9-7(10)5-3-1-2-4-6(5)8(11)12;;/h1-2,5-6H,3-4H2,(H,9,10)(H,11,12);;. The van der Waals surface area contributed by atoms with Gasteiger partial charge in [-0.05, 0) is 12.8 Å². The zero-order valence-electron chi connectivity index (χ0n) is 7.04. The van der Waals surface area contributed by atoms with E-state index in [1.54, 1.807) is 12.2 Å². The first-order valence-electron chi connectivity index (χ1n) is 3.73. The molecule has 0 amide bonds. The van der Waals surface area contributed by atoms with Crippen molar-refractivity contribution in [3.63, 3.8) is 0 Å². The van der Waals surface area contributed by atoms with Crippen molar-refractivity contribution >= 4 is 11.9 Å². The van der Waals surface area contributed by atoms with Crippen LogP contribution >= 0.6 is 0 Å². The van der Waals surface area contributed by atoms with Crippen molar-refractivity contribution in [3.05, 3.63) is 12.2 Å². The number of hydrogen-bond donors (Lipinski definition) is 2. The molecule has 0 aromatic carbocycles. The second-order valence-electron chi connectivity index (χ2n) is 2.83. The molecule has 6 heteroatoms. The van der Waals surface area contributed by atoms with Gasteiger partial charge in [-0.15, -0.1) is 0 Å². The normalized spacial score (nSPS) is 24.3. The molecule has 0 saturated heterocycles. The minimum absolute atomic E-state index is 0. The van der Waals surface area contributed by atoms with Gasteiger partial charge in [-0.1, -0.05) is 12.2 Å². The summed E-state index contributed by atoms with van der Waals surface area (Å²) in [7, 11) is 0. The van der Waals surface area contributed by atoms with E-state index >= 15 is 0 Å². The third-order valence-corrected chi connectivity index (χ3v) is 2.07. The molecule has 2 N–H and O–H groups in total. The Morgan fingerprint density at radius 2 is 1.21 bits per heavy atom. The van der Waals surface area contributed by atoms with Crippen LogP contribution in [0.25, 0.3) is 0 Å². The Labute approximate surface area is 113 Å². The predicted octanol–water partition coefficient (Wildman–Crippen LogP) is 0.733. The summed E-state index contributed by atoms with van der Waals surface area (Å²) in [4.78, 5) is 21.1. The molecule has 1 aliphatic carbocycles. The largest absolute Gasteiger partial charge is 0.481 e. The topological polar surface area (TPSA) is 74.6 Å². The van der Waals surface area contributed by atoms with Crippen LogP contribution in [0.4, 0.5) is 0 Å².